The summed E-state index contributed by atoms with van der Waals surface area (Å²) >= 11 is 3.24. The molecule has 1 aliphatic heterocycles. The lowest BCUT2D eigenvalue weighted by Crippen LogP contribution is -2.41. The molecule has 8 nitrogen and oxygen atoms in total. The highest BCUT2D eigenvalue weighted by molar-refractivity contribution is 8.01. The molecule has 0 saturated heterocycles. The summed E-state index contributed by atoms with van der Waals surface area (Å²) in [5.74, 6) is 0.108. The zero-order valence-corrected chi connectivity index (χ0v) is 32.0. The lowest BCUT2D eigenvalue weighted by atomic mass is 9.99. The topological polar surface area (TPSA) is 73.7 Å². The van der Waals surface area contributed by atoms with Crippen LogP contribution in [0.15, 0.2) is 72.0 Å². The van der Waals surface area contributed by atoms with Crippen molar-refractivity contribution in [1.29, 1.82) is 0 Å². The van der Waals surface area contributed by atoms with Crippen molar-refractivity contribution in [1.82, 2.24) is 19.7 Å². The smallest absolute Gasteiger partial charge is 0.233 e. The van der Waals surface area contributed by atoms with Gasteiger partial charge in [-0.3, -0.25) is 14.6 Å². The van der Waals surface area contributed by atoms with E-state index in [2.05, 4.69) is 53.5 Å². The van der Waals surface area contributed by atoms with Gasteiger partial charge in [0, 0.05) is 82.8 Å². The van der Waals surface area contributed by atoms with E-state index >= 15 is 4.39 Å². The number of thiophene rings is 1. The van der Waals surface area contributed by atoms with Gasteiger partial charge in [0.2, 0.25) is 5.88 Å². The number of pyridine rings is 1. The highest BCUT2D eigenvalue weighted by Gasteiger charge is 2.30. The molecule has 53 heavy (non-hydrogen) atoms. The van der Waals surface area contributed by atoms with Crippen LogP contribution < -0.4 is 14.8 Å². The Labute approximate surface area is 317 Å². The van der Waals surface area contributed by atoms with Gasteiger partial charge in [0.1, 0.15) is 30.6 Å². The zero-order chi connectivity index (χ0) is 37.1. The van der Waals surface area contributed by atoms with Crippen LogP contribution in [-0.2, 0) is 17.7 Å². The maximum Gasteiger partial charge on any atom is 0.233 e. The fourth-order valence-corrected chi connectivity index (χ4v) is 8.59. The number of aromatic nitrogens is 3. The average Bonchev–Trinajstić information content (AvgIpc) is 3.90. The summed E-state index contributed by atoms with van der Waals surface area (Å²) in [5, 5.41) is 12.9. The Balaban J connectivity index is 0.978. The van der Waals surface area contributed by atoms with Crippen LogP contribution >= 0.6 is 23.1 Å². The van der Waals surface area contributed by atoms with Crippen LogP contribution in [-0.4, -0.2) is 72.0 Å². The Morgan fingerprint density at radius 2 is 1.94 bits per heavy atom. The van der Waals surface area contributed by atoms with Crippen LogP contribution in [0.4, 0.5) is 14.5 Å². The standard InChI is InChI=1S/C41H43F2N5O3S2/c1-6-27-20-31(40-30-10-18-53-41(30)39-34(45-40)21-28-19-29(42)22-32(43)38(28)39)36(23-33(27)44-4)50-14-8-7-13-49-15-16-51-37-24-35-26(3)47(11-12-48(35)46-37)25(2)9-17-52-5/h6-10,17-20,22-26,44H,1,11-16,21H2,2-5H3/b8-7+,17-9-. The largest absolute Gasteiger partial charge is 0.489 e. The maximum atomic E-state index is 15.1. The summed E-state index contributed by atoms with van der Waals surface area (Å²) in [5.41, 5.74) is 6.94. The van der Waals surface area contributed by atoms with Gasteiger partial charge in [-0.2, -0.15) is 0 Å². The molecule has 276 valence electrons. The van der Waals surface area contributed by atoms with E-state index in [0.717, 1.165) is 68.7 Å². The van der Waals surface area contributed by atoms with E-state index in [9.17, 15) is 4.39 Å². The van der Waals surface area contributed by atoms with E-state index in [1.807, 2.05) is 53.5 Å². The summed E-state index contributed by atoms with van der Waals surface area (Å²) in [6.45, 7) is 11.8. The Kier molecular flexibility index (Phi) is 11.3. The third kappa shape index (κ3) is 7.50. The van der Waals surface area contributed by atoms with E-state index in [4.69, 9.17) is 19.2 Å². The molecular weight excluding hydrogens is 713 g/mol. The predicted octanol–water partition coefficient (Wildman–Crippen LogP) is 9.37. The molecule has 2 aromatic carbocycles. The van der Waals surface area contributed by atoms with Gasteiger partial charge in [0.15, 0.2) is 0 Å². The van der Waals surface area contributed by atoms with Crippen LogP contribution in [0.25, 0.3) is 38.5 Å². The first kappa shape index (κ1) is 36.9. The molecular formula is C41H43F2N5O3S2. The zero-order valence-electron chi connectivity index (χ0n) is 30.3. The molecule has 12 heteroatoms. The van der Waals surface area contributed by atoms with Crippen molar-refractivity contribution in [2.75, 3.05) is 51.6 Å². The lowest BCUT2D eigenvalue weighted by Gasteiger charge is -2.37. The SMILES string of the molecule is C=Cc1cc(-c2nc3c(c4sccc24)-c2c(F)cc(F)cc2C3)c(OC/C=C/COCCOc2cc3n(n2)CCN(C(C)/C=C\SC)C3C)cc1NC. The van der Waals surface area contributed by atoms with Gasteiger partial charge < -0.3 is 19.5 Å². The van der Waals surface area contributed by atoms with Crippen molar-refractivity contribution in [2.45, 2.75) is 38.9 Å². The number of hydrogen-bond donors (Lipinski definition) is 1. The summed E-state index contributed by atoms with van der Waals surface area (Å²) < 4.78 is 50.3. The minimum atomic E-state index is -0.586. The number of benzene rings is 2. The molecule has 3 aromatic heterocycles. The molecule has 7 rings (SSSR count). The number of hydrogen-bond acceptors (Lipinski definition) is 9. The van der Waals surface area contributed by atoms with Gasteiger partial charge in [-0.05, 0) is 66.3 Å². The lowest BCUT2D eigenvalue weighted by molar-refractivity contribution is 0.117. The molecule has 0 saturated carbocycles. The Morgan fingerprint density at radius 3 is 2.75 bits per heavy atom. The second-order valence-corrected chi connectivity index (χ2v) is 14.6. The van der Waals surface area contributed by atoms with Crippen LogP contribution in [0.3, 0.4) is 0 Å². The van der Waals surface area contributed by atoms with Crippen molar-refractivity contribution in [3.8, 4) is 34.0 Å². The molecule has 0 fully saturated rings. The van der Waals surface area contributed by atoms with Crippen molar-refractivity contribution in [2.24, 2.45) is 0 Å². The molecule has 0 amide bonds. The van der Waals surface area contributed by atoms with Crippen molar-refractivity contribution in [3.05, 3.63) is 106 Å². The minimum absolute atomic E-state index is 0.247. The molecule has 1 aliphatic carbocycles. The van der Waals surface area contributed by atoms with E-state index < -0.39 is 11.6 Å². The van der Waals surface area contributed by atoms with Crippen molar-refractivity contribution < 1.29 is 23.0 Å². The van der Waals surface area contributed by atoms with Gasteiger partial charge in [-0.25, -0.2) is 8.78 Å². The van der Waals surface area contributed by atoms with E-state index in [0.29, 0.717) is 61.6 Å². The number of anilines is 1. The molecule has 2 atom stereocenters. The van der Waals surface area contributed by atoms with Gasteiger partial charge in [-0.15, -0.1) is 28.2 Å². The summed E-state index contributed by atoms with van der Waals surface area (Å²) in [6, 6.07) is 10.9. The third-order valence-corrected chi connectivity index (χ3v) is 11.2. The first-order valence-corrected chi connectivity index (χ1v) is 19.9. The first-order valence-electron chi connectivity index (χ1n) is 17.7. The number of thioether (sulfide) groups is 1. The van der Waals surface area contributed by atoms with E-state index in [1.165, 1.54) is 17.4 Å². The fraction of sp³-hybridized carbons (Fsp3) is 0.317. The van der Waals surface area contributed by atoms with E-state index in [1.54, 1.807) is 17.8 Å². The molecule has 2 unspecified atom stereocenters. The minimum Gasteiger partial charge on any atom is -0.489 e. The van der Waals surface area contributed by atoms with Crippen LogP contribution in [0.1, 0.15) is 42.4 Å². The van der Waals surface area contributed by atoms with Crippen LogP contribution in [0.2, 0.25) is 0 Å². The number of halogens is 2. The van der Waals surface area contributed by atoms with E-state index in [-0.39, 0.29) is 6.04 Å². The average molecular weight is 756 g/mol. The van der Waals surface area contributed by atoms with Crippen LogP contribution in [0, 0.1) is 11.6 Å². The first-order chi connectivity index (χ1) is 25.8. The molecule has 0 radical (unpaired) electrons. The second-order valence-electron chi connectivity index (χ2n) is 13.0. The second kappa shape index (κ2) is 16.3. The highest BCUT2D eigenvalue weighted by Crippen LogP contribution is 2.48. The van der Waals surface area contributed by atoms with Crippen molar-refractivity contribution in [3.63, 3.8) is 0 Å². The maximum absolute atomic E-state index is 15.1. The van der Waals surface area contributed by atoms with Gasteiger partial charge in [0.25, 0.3) is 0 Å². The number of rotatable bonds is 15. The summed E-state index contributed by atoms with van der Waals surface area (Å²) in [7, 11) is 1.85. The molecule has 4 heterocycles. The molecule has 2 aliphatic rings. The van der Waals surface area contributed by atoms with Gasteiger partial charge >= 0.3 is 0 Å². The third-order valence-electron chi connectivity index (χ3n) is 9.82. The normalized spacial score (nSPS) is 15.9. The Bertz CT molecular complexity index is 2200. The van der Waals surface area contributed by atoms with Gasteiger partial charge in [-0.1, -0.05) is 24.8 Å². The number of fused-ring (bicyclic) bond motifs is 6. The quantitative estimate of drug-likeness (QED) is 0.0822. The van der Waals surface area contributed by atoms with Crippen molar-refractivity contribution >= 4 is 44.9 Å². The molecule has 0 spiro atoms. The van der Waals surface area contributed by atoms with Crippen LogP contribution in [0.5, 0.6) is 11.6 Å². The fourth-order valence-electron chi connectivity index (χ4n) is 7.23. The molecule has 0 bridgehead atoms. The number of ether oxygens (including phenoxy) is 3. The highest BCUT2D eigenvalue weighted by atomic mass is 32.2. The molecule has 5 aromatic rings. The monoisotopic (exact) mass is 755 g/mol. The number of nitrogens with zero attached hydrogens (tertiary/aromatic N) is 4. The Morgan fingerprint density at radius 1 is 1.09 bits per heavy atom. The Hall–Kier alpha value is -4.49. The van der Waals surface area contributed by atoms with Gasteiger partial charge in [0.05, 0.1) is 36.8 Å². The number of nitrogens with one attached hydrogen (secondary N) is 1. The predicted molar refractivity (Wildman–Crippen MR) is 213 cm³/mol. The summed E-state index contributed by atoms with van der Waals surface area (Å²) in [4.78, 5) is 7.55. The molecule has 1 N–H and O–H groups in total. The summed E-state index contributed by atoms with van der Waals surface area (Å²) in [6.07, 6.45) is 10.3.